The predicted octanol–water partition coefficient (Wildman–Crippen LogP) is 0.564. The topological polar surface area (TPSA) is 89.3 Å². The summed E-state index contributed by atoms with van der Waals surface area (Å²) in [6.07, 6.45) is 0.548. The molecule has 0 aromatic heterocycles. The first kappa shape index (κ1) is 13.7. The van der Waals surface area contributed by atoms with E-state index in [1.165, 1.54) is 19.2 Å². The average Bonchev–Trinajstić information content (AvgIpc) is 2.27. The summed E-state index contributed by atoms with van der Waals surface area (Å²) in [5, 5.41) is 0. The van der Waals surface area contributed by atoms with Gasteiger partial charge in [-0.2, -0.15) is 0 Å². The molecule has 3 N–H and O–H groups in total. The van der Waals surface area contributed by atoms with Gasteiger partial charge in [0.25, 0.3) is 0 Å². The maximum absolute atomic E-state index is 11.7. The minimum Gasteiger partial charge on any atom is -0.366 e. The van der Waals surface area contributed by atoms with Crippen molar-refractivity contribution in [1.82, 2.24) is 4.72 Å². The van der Waals surface area contributed by atoms with Crippen molar-refractivity contribution in [2.75, 3.05) is 7.05 Å². The van der Waals surface area contributed by atoms with Gasteiger partial charge in [-0.15, -0.1) is 0 Å². The van der Waals surface area contributed by atoms with Crippen LogP contribution >= 0.6 is 0 Å². The lowest BCUT2D eigenvalue weighted by Gasteiger charge is -2.11. The number of amides is 1. The van der Waals surface area contributed by atoms with E-state index in [0.717, 1.165) is 0 Å². The Kier molecular flexibility index (Phi) is 3.90. The number of primary amides is 1. The van der Waals surface area contributed by atoms with Gasteiger partial charge in [0.2, 0.25) is 15.9 Å². The maximum Gasteiger partial charge on any atom is 0.249 e. The molecule has 0 aliphatic heterocycles. The first-order valence-electron chi connectivity index (χ1n) is 5.20. The van der Waals surface area contributed by atoms with Gasteiger partial charge >= 0.3 is 0 Å². The summed E-state index contributed by atoms with van der Waals surface area (Å²) in [4.78, 5) is 11.4. The van der Waals surface area contributed by atoms with Crippen LogP contribution < -0.4 is 10.5 Å². The van der Waals surface area contributed by atoms with Crippen molar-refractivity contribution in [3.05, 3.63) is 28.8 Å². The molecule has 0 radical (unpaired) electrons. The van der Waals surface area contributed by atoms with E-state index in [9.17, 15) is 13.2 Å². The standard InChI is InChI=1S/C11H16N2O3S/c1-4-8-6-9(17(15,16)13-3)5-7(2)10(8)11(12)14/h5-6,13H,4H2,1-3H3,(H2,12,14). The smallest absolute Gasteiger partial charge is 0.249 e. The van der Waals surface area contributed by atoms with E-state index in [0.29, 0.717) is 23.1 Å². The molecule has 5 nitrogen and oxygen atoms in total. The van der Waals surface area contributed by atoms with E-state index in [2.05, 4.69) is 4.72 Å². The average molecular weight is 256 g/mol. The Bertz CT molecular complexity index is 550. The van der Waals surface area contributed by atoms with Crippen LogP contribution in [0, 0.1) is 6.92 Å². The summed E-state index contributed by atoms with van der Waals surface area (Å²) in [5.74, 6) is -0.534. The van der Waals surface area contributed by atoms with E-state index in [1.807, 2.05) is 6.92 Å². The highest BCUT2D eigenvalue weighted by atomic mass is 32.2. The molecule has 0 spiro atoms. The van der Waals surface area contributed by atoms with Crippen LogP contribution in [-0.2, 0) is 16.4 Å². The second-order valence-corrected chi connectivity index (χ2v) is 5.59. The number of benzene rings is 1. The van der Waals surface area contributed by atoms with Crippen LogP contribution in [0.15, 0.2) is 17.0 Å². The molecule has 0 aliphatic carbocycles. The lowest BCUT2D eigenvalue weighted by atomic mass is 10.00. The van der Waals surface area contributed by atoms with Crippen molar-refractivity contribution in [1.29, 1.82) is 0 Å². The summed E-state index contributed by atoms with van der Waals surface area (Å²) in [6, 6.07) is 2.93. The van der Waals surface area contributed by atoms with Crippen LogP contribution in [0.4, 0.5) is 0 Å². The highest BCUT2D eigenvalue weighted by Gasteiger charge is 2.17. The summed E-state index contributed by atoms with van der Waals surface area (Å²) in [7, 11) is -2.15. The van der Waals surface area contributed by atoms with Gasteiger partial charge in [0.15, 0.2) is 0 Å². The number of aryl methyl sites for hydroxylation is 2. The highest BCUT2D eigenvalue weighted by molar-refractivity contribution is 7.89. The molecule has 1 aromatic carbocycles. The van der Waals surface area contributed by atoms with Gasteiger partial charge in [-0.05, 0) is 43.7 Å². The highest BCUT2D eigenvalue weighted by Crippen LogP contribution is 2.20. The van der Waals surface area contributed by atoms with Crippen LogP contribution in [0.1, 0.15) is 28.4 Å². The summed E-state index contributed by atoms with van der Waals surface area (Å²) >= 11 is 0. The molecule has 0 aliphatic rings. The predicted molar refractivity (Wildman–Crippen MR) is 65.3 cm³/mol. The minimum atomic E-state index is -3.50. The van der Waals surface area contributed by atoms with Gasteiger partial charge in [-0.25, -0.2) is 13.1 Å². The van der Waals surface area contributed by atoms with Crippen LogP contribution in [0.3, 0.4) is 0 Å². The third-order valence-corrected chi connectivity index (χ3v) is 3.99. The van der Waals surface area contributed by atoms with E-state index >= 15 is 0 Å². The van der Waals surface area contributed by atoms with Crippen molar-refractivity contribution in [3.8, 4) is 0 Å². The number of nitrogens with one attached hydrogen (secondary N) is 1. The van der Waals surface area contributed by atoms with E-state index in [1.54, 1.807) is 6.92 Å². The van der Waals surface area contributed by atoms with Crippen LogP contribution in [-0.4, -0.2) is 21.4 Å². The molecule has 1 rings (SSSR count). The third-order valence-electron chi connectivity index (χ3n) is 2.60. The largest absolute Gasteiger partial charge is 0.366 e. The van der Waals surface area contributed by atoms with Gasteiger partial charge in [-0.3, -0.25) is 4.79 Å². The number of carbonyl (C=O) groups is 1. The first-order valence-corrected chi connectivity index (χ1v) is 6.68. The fourth-order valence-corrected chi connectivity index (χ4v) is 2.59. The van der Waals surface area contributed by atoms with E-state index in [-0.39, 0.29) is 4.90 Å². The fourth-order valence-electron chi connectivity index (χ4n) is 1.73. The molecule has 0 atom stereocenters. The van der Waals surface area contributed by atoms with Crippen molar-refractivity contribution in [2.24, 2.45) is 5.73 Å². The van der Waals surface area contributed by atoms with Crippen LogP contribution in [0.2, 0.25) is 0 Å². The zero-order chi connectivity index (χ0) is 13.2. The number of sulfonamides is 1. The number of hydrogen-bond donors (Lipinski definition) is 2. The Hall–Kier alpha value is -1.40. The van der Waals surface area contributed by atoms with Crippen molar-refractivity contribution >= 4 is 15.9 Å². The summed E-state index contributed by atoms with van der Waals surface area (Å²) in [6.45, 7) is 3.52. The summed E-state index contributed by atoms with van der Waals surface area (Å²) < 4.78 is 25.6. The molecule has 17 heavy (non-hydrogen) atoms. The van der Waals surface area contributed by atoms with Crippen LogP contribution in [0.5, 0.6) is 0 Å². The second-order valence-electron chi connectivity index (χ2n) is 3.70. The van der Waals surface area contributed by atoms with E-state index in [4.69, 9.17) is 5.73 Å². The number of rotatable bonds is 4. The molecule has 0 fully saturated rings. The molecular formula is C11H16N2O3S. The van der Waals surface area contributed by atoms with Crippen molar-refractivity contribution < 1.29 is 13.2 Å². The van der Waals surface area contributed by atoms with Crippen molar-refractivity contribution in [3.63, 3.8) is 0 Å². The number of nitrogens with two attached hydrogens (primary N) is 1. The van der Waals surface area contributed by atoms with Gasteiger partial charge < -0.3 is 5.73 Å². The quantitative estimate of drug-likeness (QED) is 0.825. The lowest BCUT2D eigenvalue weighted by Crippen LogP contribution is -2.21. The maximum atomic E-state index is 11.7. The monoisotopic (exact) mass is 256 g/mol. The molecule has 0 heterocycles. The minimum absolute atomic E-state index is 0.152. The zero-order valence-corrected chi connectivity index (χ0v) is 10.9. The molecule has 0 saturated heterocycles. The molecule has 0 saturated carbocycles. The molecule has 1 aromatic rings. The molecule has 6 heteroatoms. The van der Waals surface area contributed by atoms with Gasteiger partial charge in [0.1, 0.15) is 0 Å². The summed E-state index contributed by atoms with van der Waals surface area (Å²) in [5.41, 5.74) is 6.90. The van der Waals surface area contributed by atoms with Gasteiger partial charge in [0, 0.05) is 5.56 Å². The Balaban J connectivity index is 3.53. The Morgan fingerprint density at radius 3 is 2.41 bits per heavy atom. The number of hydrogen-bond acceptors (Lipinski definition) is 3. The Labute approximate surface area is 101 Å². The number of carbonyl (C=O) groups excluding carboxylic acids is 1. The van der Waals surface area contributed by atoms with Gasteiger partial charge in [0.05, 0.1) is 4.90 Å². The second kappa shape index (κ2) is 4.85. The van der Waals surface area contributed by atoms with Gasteiger partial charge in [-0.1, -0.05) is 6.92 Å². The lowest BCUT2D eigenvalue weighted by molar-refractivity contribution is 0.0998. The molecule has 0 unspecified atom stereocenters. The van der Waals surface area contributed by atoms with Crippen LogP contribution in [0.25, 0.3) is 0 Å². The molecule has 0 bridgehead atoms. The van der Waals surface area contributed by atoms with E-state index < -0.39 is 15.9 Å². The third kappa shape index (κ3) is 2.65. The SMILES string of the molecule is CCc1cc(S(=O)(=O)NC)cc(C)c1C(N)=O. The molecule has 1 amide bonds. The Morgan fingerprint density at radius 2 is 2.00 bits per heavy atom. The first-order chi connectivity index (χ1) is 7.83. The fraction of sp³-hybridized carbons (Fsp3) is 0.364. The zero-order valence-electron chi connectivity index (χ0n) is 10.1. The Morgan fingerprint density at radius 1 is 1.41 bits per heavy atom. The molecule has 94 valence electrons. The molecular weight excluding hydrogens is 240 g/mol. The normalized spacial score (nSPS) is 11.5. The van der Waals surface area contributed by atoms with Crippen molar-refractivity contribution in [2.45, 2.75) is 25.2 Å².